The highest BCUT2D eigenvalue weighted by molar-refractivity contribution is 5.51. The van der Waals surface area contributed by atoms with Crippen LogP contribution in [0.1, 0.15) is 38.3 Å². The number of anilines is 1. The molecular formula is C18H31N3. The van der Waals surface area contributed by atoms with Crippen molar-refractivity contribution in [2.75, 3.05) is 38.1 Å². The van der Waals surface area contributed by atoms with Crippen LogP contribution in [0, 0.1) is 6.92 Å². The molecule has 3 nitrogen and oxygen atoms in total. The monoisotopic (exact) mass is 289 g/mol. The molecule has 0 atom stereocenters. The smallest absolute Gasteiger partial charge is 0.0369 e. The summed E-state index contributed by atoms with van der Waals surface area (Å²) in [6, 6.07) is 6.93. The summed E-state index contributed by atoms with van der Waals surface area (Å²) >= 11 is 0. The topological polar surface area (TPSA) is 18.5 Å². The van der Waals surface area contributed by atoms with Crippen LogP contribution >= 0.6 is 0 Å². The summed E-state index contributed by atoms with van der Waals surface area (Å²) in [5, 5.41) is 3.57. The van der Waals surface area contributed by atoms with Crippen LogP contribution < -0.4 is 10.2 Å². The second-order valence-electron chi connectivity index (χ2n) is 7.36. The minimum atomic E-state index is 0.167. The number of nitrogens with zero attached hydrogens (tertiary/aromatic N) is 2. The average molecular weight is 289 g/mol. The molecule has 0 unspecified atom stereocenters. The highest BCUT2D eigenvalue weighted by Gasteiger charge is 2.14. The van der Waals surface area contributed by atoms with Crippen LogP contribution in [0.3, 0.4) is 0 Å². The molecule has 118 valence electrons. The van der Waals surface area contributed by atoms with Gasteiger partial charge in [-0.3, -0.25) is 0 Å². The summed E-state index contributed by atoms with van der Waals surface area (Å²) in [6.07, 6.45) is 1.25. The van der Waals surface area contributed by atoms with Crippen molar-refractivity contribution >= 4 is 5.69 Å². The van der Waals surface area contributed by atoms with E-state index in [1.807, 2.05) is 0 Å². The summed E-state index contributed by atoms with van der Waals surface area (Å²) in [6.45, 7) is 14.5. The number of benzene rings is 1. The lowest BCUT2D eigenvalue weighted by Gasteiger charge is -2.25. The number of rotatable bonds is 3. The van der Waals surface area contributed by atoms with Crippen LogP contribution in [0.15, 0.2) is 18.2 Å². The van der Waals surface area contributed by atoms with Crippen LogP contribution in [-0.2, 0) is 6.54 Å². The number of aryl methyl sites for hydroxylation is 1. The quantitative estimate of drug-likeness (QED) is 0.923. The zero-order chi connectivity index (χ0) is 15.5. The molecule has 1 N–H and O–H groups in total. The third-order valence-corrected chi connectivity index (χ3v) is 4.22. The molecule has 1 aliphatic heterocycles. The fraction of sp³-hybridized carbons (Fsp3) is 0.667. The maximum Gasteiger partial charge on any atom is 0.0369 e. The van der Waals surface area contributed by atoms with Crippen molar-refractivity contribution in [3.05, 3.63) is 29.3 Å². The first-order chi connectivity index (χ1) is 9.85. The minimum absolute atomic E-state index is 0.167. The summed E-state index contributed by atoms with van der Waals surface area (Å²) < 4.78 is 0. The zero-order valence-corrected chi connectivity index (χ0v) is 14.4. The molecule has 3 heteroatoms. The van der Waals surface area contributed by atoms with E-state index in [0.29, 0.717) is 0 Å². The normalized spacial score (nSPS) is 17.9. The molecule has 0 radical (unpaired) electrons. The van der Waals surface area contributed by atoms with Gasteiger partial charge in [0.15, 0.2) is 0 Å². The lowest BCUT2D eigenvalue weighted by Crippen LogP contribution is -2.35. The number of nitrogens with one attached hydrogen (secondary N) is 1. The molecule has 1 aliphatic rings. The molecule has 0 saturated carbocycles. The highest BCUT2D eigenvalue weighted by Crippen LogP contribution is 2.21. The fourth-order valence-electron chi connectivity index (χ4n) is 2.74. The number of hydrogen-bond donors (Lipinski definition) is 1. The Morgan fingerprint density at radius 2 is 1.86 bits per heavy atom. The molecule has 1 saturated heterocycles. The van der Waals surface area contributed by atoms with E-state index in [4.69, 9.17) is 0 Å². The molecule has 1 heterocycles. The van der Waals surface area contributed by atoms with Gasteiger partial charge in [0.1, 0.15) is 0 Å². The van der Waals surface area contributed by atoms with E-state index in [0.717, 1.165) is 19.6 Å². The maximum atomic E-state index is 3.57. The van der Waals surface area contributed by atoms with Gasteiger partial charge in [-0.2, -0.15) is 0 Å². The molecule has 0 bridgehead atoms. The van der Waals surface area contributed by atoms with Gasteiger partial charge < -0.3 is 15.1 Å². The fourth-order valence-corrected chi connectivity index (χ4v) is 2.74. The van der Waals surface area contributed by atoms with Crippen LogP contribution in [0.4, 0.5) is 5.69 Å². The SMILES string of the molecule is Cc1cc(N2CCCN(C)CC2)ccc1CNC(C)(C)C. The van der Waals surface area contributed by atoms with Crippen LogP contribution in [-0.4, -0.2) is 43.7 Å². The first-order valence-electron chi connectivity index (χ1n) is 8.13. The van der Waals surface area contributed by atoms with E-state index < -0.39 is 0 Å². The van der Waals surface area contributed by atoms with E-state index in [1.165, 1.54) is 36.3 Å². The molecule has 0 amide bonds. The third kappa shape index (κ3) is 5.01. The Balaban J connectivity index is 2.04. The molecule has 2 rings (SSSR count). The molecule has 21 heavy (non-hydrogen) atoms. The predicted molar refractivity (Wildman–Crippen MR) is 92.1 cm³/mol. The van der Waals surface area contributed by atoms with Crippen LogP contribution in [0.5, 0.6) is 0 Å². The van der Waals surface area contributed by atoms with E-state index in [2.05, 4.69) is 68.1 Å². The zero-order valence-electron chi connectivity index (χ0n) is 14.4. The number of hydrogen-bond acceptors (Lipinski definition) is 3. The molecule has 1 aromatic carbocycles. The summed E-state index contributed by atoms with van der Waals surface area (Å²) in [5.41, 5.74) is 4.34. The summed E-state index contributed by atoms with van der Waals surface area (Å²) in [7, 11) is 2.22. The lowest BCUT2D eigenvalue weighted by atomic mass is 10.0. The van der Waals surface area contributed by atoms with Gasteiger partial charge in [-0.15, -0.1) is 0 Å². The Kier molecular flexibility index (Phi) is 5.28. The van der Waals surface area contributed by atoms with Crippen molar-refractivity contribution in [3.63, 3.8) is 0 Å². The van der Waals surface area contributed by atoms with Gasteiger partial charge >= 0.3 is 0 Å². The van der Waals surface area contributed by atoms with Gasteiger partial charge in [-0.25, -0.2) is 0 Å². The van der Waals surface area contributed by atoms with Crippen molar-refractivity contribution in [1.82, 2.24) is 10.2 Å². The summed E-state index contributed by atoms with van der Waals surface area (Å²) in [4.78, 5) is 4.95. The van der Waals surface area contributed by atoms with Gasteiger partial charge in [0.2, 0.25) is 0 Å². The van der Waals surface area contributed by atoms with E-state index >= 15 is 0 Å². The minimum Gasteiger partial charge on any atom is -0.370 e. The second kappa shape index (κ2) is 6.80. The Labute approximate surface area is 130 Å². The Bertz CT molecular complexity index is 462. The standard InChI is InChI=1S/C18H31N3/c1-15-13-17(21-10-6-9-20(5)11-12-21)8-7-16(15)14-19-18(2,3)4/h7-8,13,19H,6,9-12,14H2,1-5H3. The van der Waals surface area contributed by atoms with Gasteiger partial charge in [-0.1, -0.05) is 6.07 Å². The molecule has 1 fully saturated rings. The Hall–Kier alpha value is -1.06. The van der Waals surface area contributed by atoms with Gasteiger partial charge in [0, 0.05) is 37.4 Å². The molecule has 0 aliphatic carbocycles. The second-order valence-corrected chi connectivity index (χ2v) is 7.36. The van der Waals surface area contributed by atoms with Crippen LogP contribution in [0.25, 0.3) is 0 Å². The maximum absolute atomic E-state index is 3.57. The summed E-state index contributed by atoms with van der Waals surface area (Å²) in [5.74, 6) is 0. The van der Waals surface area contributed by atoms with E-state index in [-0.39, 0.29) is 5.54 Å². The molecule has 1 aromatic rings. The van der Waals surface area contributed by atoms with Gasteiger partial charge in [0.25, 0.3) is 0 Å². The lowest BCUT2D eigenvalue weighted by molar-refractivity contribution is 0.360. The van der Waals surface area contributed by atoms with Crippen molar-refractivity contribution in [2.45, 2.75) is 46.2 Å². The molecule has 0 aromatic heterocycles. The van der Waals surface area contributed by atoms with Crippen molar-refractivity contribution < 1.29 is 0 Å². The Morgan fingerprint density at radius 1 is 1.10 bits per heavy atom. The Morgan fingerprint density at radius 3 is 2.52 bits per heavy atom. The average Bonchev–Trinajstić information content (AvgIpc) is 2.61. The van der Waals surface area contributed by atoms with Gasteiger partial charge in [0.05, 0.1) is 0 Å². The largest absolute Gasteiger partial charge is 0.370 e. The third-order valence-electron chi connectivity index (χ3n) is 4.22. The number of likely N-dealkylation sites (N-methyl/N-ethyl adjacent to an activating group) is 1. The van der Waals surface area contributed by atoms with Crippen molar-refractivity contribution in [3.8, 4) is 0 Å². The van der Waals surface area contributed by atoms with Crippen LogP contribution in [0.2, 0.25) is 0 Å². The highest BCUT2D eigenvalue weighted by atomic mass is 15.2. The predicted octanol–water partition coefficient (Wildman–Crippen LogP) is 3.03. The molecular weight excluding hydrogens is 258 g/mol. The van der Waals surface area contributed by atoms with Crippen molar-refractivity contribution in [1.29, 1.82) is 0 Å². The van der Waals surface area contributed by atoms with E-state index in [9.17, 15) is 0 Å². The first kappa shape index (κ1) is 16.3. The van der Waals surface area contributed by atoms with Gasteiger partial charge in [-0.05, 0) is 71.0 Å². The first-order valence-corrected chi connectivity index (χ1v) is 8.13. The van der Waals surface area contributed by atoms with E-state index in [1.54, 1.807) is 0 Å². The van der Waals surface area contributed by atoms with Crippen molar-refractivity contribution in [2.24, 2.45) is 0 Å². The molecule has 0 spiro atoms.